The Morgan fingerprint density at radius 1 is 0.957 bits per heavy atom. The summed E-state index contributed by atoms with van der Waals surface area (Å²) in [6.07, 6.45) is 0. The van der Waals surface area contributed by atoms with E-state index in [-0.39, 0.29) is 10.9 Å². The molecule has 0 aliphatic carbocycles. The molecule has 0 aliphatic rings. The third-order valence-corrected chi connectivity index (χ3v) is 4.78. The molecule has 7 heteroatoms. The molecule has 2 aromatic carbocycles. The van der Waals surface area contributed by atoms with Gasteiger partial charge in [-0.1, -0.05) is 12.1 Å². The van der Waals surface area contributed by atoms with E-state index in [1.807, 2.05) is 13.0 Å². The van der Waals surface area contributed by atoms with Crippen molar-refractivity contribution < 1.29 is 13.2 Å². The fraction of sp³-hybridized carbons (Fsp3) is 0.188. The predicted molar refractivity (Wildman–Crippen MR) is 91.2 cm³/mol. The van der Waals surface area contributed by atoms with Crippen molar-refractivity contribution in [3.05, 3.63) is 53.6 Å². The van der Waals surface area contributed by atoms with E-state index in [0.717, 1.165) is 5.56 Å². The topological polar surface area (TPSA) is 87.3 Å². The van der Waals surface area contributed by atoms with Gasteiger partial charge in [0, 0.05) is 18.4 Å². The van der Waals surface area contributed by atoms with Crippen LogP contribution < -0.4 is 15.4 Å². The molecule has 0 saturated carbocycles. The van der Waals surface area contributed by atoms with Crippen LogP contribution in [0.1, 0.15) is 11.1 Å². The molecule has 0 fully saturated rings. The summed E-state index contributed by atoms with van der Waals surface area (Å²) in [6, 6.07) is 11.4. The Kier molecular flexibility index (Phi) is 4.90. The summed E-state index contributed by atoms with van der Waals surface area (Å²) >= 11 is 0. The smallest absolute Gasteiger partial charge is 0.318 e. The molecule has 2 amide bonds. The first kappa shape index (κ1) is 16.8. The molecule has 2 rings (SSSR count). The second-order valence-corrected chi connectivity index (χ2v) is 6.81. The number of amides is 2. The maximum atomic E-state index is 12.5. The first-order valence-electron chi connectivity index (χ1n) is 7.01. The number of hydrogen-bond donors (Lipinski definition) is 3. The highest BCUT2D eigenvalue weighted by molar-refractivity contribution is 7.92. The van der Waals surface area contributed by atoms with E-state index >= 15 is 0 Å². The number of hydrogen-bond acceptors (Lipinski definition) is 3. The summed E-state index contributed by atoms with van der Waals surface area (Å²) in [7, 11) is -2.14. The minimum absolute atomic E-state index is 0.255. The molecule has 0 bridgehead atoms. The van der Waals surface area contributed by atoms with E-state index in [2.05, 4.69) is 15.4 Å². The van der Waals surface area contributed by atoms with Crippen molar-refractivity contribution in [1.82, 2.24) is 5.32 Å². The van der Waals surface area contributed by atoms with Gasteiger partial charge in [0.2, 0.25) is 0 Å². The molecule has 0 unspecified atom stereocenters. The van der Waals surface area contributed by atoms with E-state index in [4.69, 9.17) is 0 Å². The minimum Gasteiger partial charge on any atom is -0.341 e. The lowest BCUT2D eigenvalue weighted by molar-refractivity contribution is 0.254. The van der Waals surface area contributed by atoms with Gasteiger partial charge in [-0.25, -0.2) is 13.2 Å². The molecule has 0 aromatic heterocycles. The van der Waals surface area contributed by atoms with Crippen LogP contribution in [0.15, 0.2) is 47.4 Å². The molecular formula is C16H19N3O3S. The second-order valence-electron chi connectivity index (χ2n) is 5.16. The Bertz CT molecular complexity index is 815. The zero-order valence-electron chi connectivity index (χ0n) is 13.2. The Balaban J connectivity index is 2.20. The van der Waals surface area contributed by atoms with Crippen molar-refractivity contribution in [2.45, 2.75) is 18.7 Å². The monoisotopic (exact) mass is 333 g/mol. The number of benzene rings is 2. The number of rotatable bonds is 4. The lowest BCUT2D eigenvalue weighted by Crippen LogP contribution is -2.24. The lowest BCUT2D eigenvalue weighted by atomic mass is 10.2. The van der Waals surface area contributed by atoms with Crippen LogP contribution in [0.2, 0.25) is 0 Å². The number of anilines is 2. The van der Waals surface area contributed by atoms with Crippen LogP contribution >= 0.6 is 0 Å². The van der Waals surface area contributed by atoms with Gasteiger partial charge in [0.1, 0.15) is 0 Å². The van der Waals surface area contributed by atoms with Gasteiger partial charge in [0.05, 0.1) is 4.90 Å². The Labute approximate surface area is 136 Å². The van der Waals surface area contributed by atoms with Crippen molar-refractivity contribution in [2.75, 3.05) is 17.1 Å². The maximum absolute atomic E-state index is 12.5. The zero-order valence-corrected chi connectivity index (χ0v) is 14.0. The summed E-state index contributed by atoms with van der Waals surface area (Å²) in [5, 5.41) is 5.04. The van der Waals surface area contributed by atoms with E-state index < -0.39 is 10.0 Å². The molecule has 0 spiro atoms. The van der Waals surface area contributed by atoms with Crippen molar-refractivity contribution in [3.63, 3.8) is 0 Å². The largest absolute Gasteiger partial charge is 0.341 e. The number of nitrogens with one attached hydrogen (secondary N) is 3. The maximum Gasteiger partial charge on any atom is 0.318 e. The van der Waals surface area contributed by atoms with Gasteiger partial charge in [-0.3, -0.25) is 4.72 Å². The molecular weight excluding hydrogens is 314 g/mol. The van der Waals surface area contributed by atoms with Crippen LogP contribution in [0.4, 0.5) is 16.2 Å². The Morgan fingerprint density at radius 3 is 2.17 bits per heavy atom. The van der Waals surface area contributed by atoms with Crippen LogP contribution in [0.25, 0.3) is 0 Å². The van der Waals surface area contributed by atoms with Gasteiger partial charge in [-0.05, 0) is 55.3 Å². The van der Waals surface area contributed by atoms with Gasteiger partial charge < -0.3 is 10.6 Å². The van der Waals surface area contributed by atoms with Gasteiger partial charge >= 0.3 is 6.03 Å². The number of carbonyl (C=O) groups excluding carboxylic acids is 1. The van der Waals surface area contributed by atoms with E-state index in [1.165, 1.54) is 7.05 Å². The van der Waals surface area contributed by atoms with Crippen LogP contribution in [-0.4, -0.2) is 21.5 Å². The summed E-state index contributed by atoms with van der Waals surface area (Å²) in [5.41, 5.74) is 2.55. The minimum atomic E-state index is -3.66. The van der Waals surface area contributed by atoms with Gasteiger partial charge in [0.25, 0.3) is 10.0 Å². The normalized spacial score (nSPS) is 10.9. The molecule has 122 valence electrons. The van der Waals surface area contributed by atoms with Gasteiger partial charge in [0.15, 0.2) is 0 Å². The first-order valence-corrected chi connectivity index (χ1v) is 8.49. The van der Waals surface area contributed by atoms with E-state index in [9.17, 15) is 13.2 Å². The highest BCUT2D eigenvalue weighted by atomic mass is 32.2. The average Bonchev–Trinajstić information content (AvgIpc) is 2.51. The molecule has 2 aromatic rings. The summed E-state index contributed by atoms with van der Waals surface area (Å²) in [5.74, 6) is 0. The quantitative estimate of drug-likeness (QED) is 0.804. The summed E-state index contributed by atoms with van der Waals surface area (Å²) in [6.45, 7) is 3.60. The highest BCUT2D eigenvalue weighted by Gasteiger charge is 2.17. The summed E-state index contributed by atoms with van der Waals surface area (Å²) < 4.78 is 27.5. The molecule has 0 aliphatic heterocycles. The predicted octanol–water partition coefficient (Wildman–Crippen LogP) is 2.86. The highest BCUT2D eigenvalue weighted by Crippen LogP contribution is 2.21. The van der Waals surface area contributed by atoms with Crippen LogP contribution in [0.5, 0.6) is 0 Å². The Hall–Kier alpha value is -2.54. The average molecular weight is 333 g/mol. The molecule has 0 heterocycles. The fourth-order valence-corrected chi connectivity index (χ4v) is 3.41. The first-order chi connectivity index (χ1) is 10.8. The SMILES string of the molecule is CNC(=O)Nc1ccc(NS(=O)(=O)c2cc(C)ccc2C)cc1. The zero-order chi connectivity index (χ0) is 17.0. The van der Waals surface area contributed by atoms with Crippen LogP contribution in [0.3, 0.4) is 0 Å². The number of carbonyl (C=O) groups is 1. The third kappa shape index (κ3) is 4.23. The van der Waals surface area contributed by atoms with Crippen molar-refractivity contribution >= 4 is 27.4 Å². The third-order valence-electron chi connectivity index (χ3n) is 3.26. The Morgan fingerprint density at radius 2 is 1.57 bits per heavy atom. The number of aryl methyl sites for hydroxylation is 2. The molecule has 0 radical (unpaired) electrons. The number of urea groups is 1. The van der Waals surface area contributed by atoms with E-state index in [0.29, 0.717) is 16.9 Å². The molecule has 3 N–H and O–H groups in total. The summed E-state index contributed by atoms with van der Waals surface area (Å²) in [4.78, 5) is 11.5. The van der Waals surface area contributed by atoms with Crippen molar-refractivity contribution in [1.29, 1.82) is 0 Å². The van der Waals surface area contributed by atoms with Gasteiger partial charge in [-0.2, -0.15) is 0 Å². The molecule has 6 nitrogen and oxygen atoms in total. The van der Waals surface area contributed by atoms with Crippen molar-refractivity contribution in [3.8, 4) is 0 Å². The molecule has 0 saturated heterocycles. The lowest BCUT2D eigenvalue weighted by Gasteiger charge is -2.12. The molecule has 23 heavy (non-hydrogen) atoms. The van der Waals surface area contributed by atoms with E-state index in [1.54, 1.807) is 43.3 Å². The van der Waals surface area contributed by atoms with Crippen LogP contribution in [0, 0.1) is 13.8 Å². The number of sulfonamides is 1. The standard InChI is InChI=1S/C16H19N3O3S/c1-11-4-5-12(2)15(10-11)23(21,22)19-14-8-6-13(7-9-14)18-16(20)17-3/h4-10,19H,1-3H3,(H2,17,18,20). The fourth-order valence-electron chi connectivity index (χ4n) is 2.02. The van der Waals surface area contributed by atoms with Crippen LogP contribution in [-0.2, 0) is 10.0 Å². The second kappa shape index (κ2) is 6.70. The molecule has 0 atom stereocenters. The van der Waals surface area contributed by atoms with Crippen molar-refractivity contribution in [2.24, 2.45) is 0 Å². The van der Waals surface area contributed by atoms with Gasteiger partial charge in [-0.15, -0.1) is 0 Å².